The van der Waals surface area contributed by atoms with E-state index in [1.807, 2.05) is 78.9 Å². The summed E-state index contributed by atoms with van der Waals surface area (Å²) in [6.07, 6.45) is -3.06. The molecule has 0 unspecified atom stereocenters. The number of hydrogen-bond donors (Lipinski definition) is 4. The van der Waals surface area contributed by atoms with Crippen molar-refractivity contribution in [3.63, 3.8) is 0 Å². The van der Waals surface area contributed by atoms with Gasteiger partial charge in [-0.1, -0.05) is 78.9 Å². The minimum absolute atomic E-state index is 0.0406. The number of amides is 2. The Kier molecular flexibility index (Phi) is 8.96. The molecule has 0 radical (unpaired) electrons. The number of carboxylic acid groups (broad SMARTS) is 1. The van der Waals surface area contributed by atoms with Gasteiger partial charge in [0.2, 0.25) is 5.91 Å². The van der Waals surface area contributed by atoms with E-state index in [1.54, 1.807) is 6.92 Å². The van der Waals surface area contributed by atoms with Gasteiger partial charge in [-0.3, -0.25) is 4.79 Å². The van der Waals surface area contributed by atoms with E-state index < -0.39 is 42.3 Å². The maximum Gasteiger partial charge on any atom is 0.407 e. The van der Waals surface area contributed by atoms with E-state index in [9.17, 15) is 24.6 Å². The van der Waals surface area contributed by atoms with Crippen LogP contribution in [0.5, 0.6) is 0 Å². The minimum atomic E-state index is -1.56. The van der Waals surface area contributed by atoms with E-state index in [2.05, 4.69) is 10.6 Å². The van der Waals surface area contributed by atoms with Crippen molar-refractivity contribution in [2.45, 2.75) is 50.7 Å². The number of fused-ring (bicyclic) bond motifs is 3. The second-order valence-corrected chi connectivity index (χ2v) is 9.51. The van der Waals surface area contributed by atoms with Crippen LogP contribution in [0, 0.1) is 0 Å². The minimum Gasteiger partial charge on any atom is -0.480 e. The molecular formula is C30H32N2O7. The number of aliphatic hydroxyl groups is 1. The molecule has 4 N–H and O–H groups in total. The Balaban J connectivity index is 1.46. The molecule has 0 spiro atoms. The van der Waals surface area contributed by atoms with E-state index >= 15 is 0 Å². The summed E-state index contributed by atoms with van der Waals surface area (Å²) in [5.41, 5.74) is 5.11. The van der Waals surface area contributed by atoms with Gasteiger partial charge in [0.25, 0.3) is 0 Å². The number of rotatable bonds is 11. The summed E-state index contributed by atoms with van der Waals surface area (Å²) in [7, 11) is 0. The van der Waals surface area contributed by atoms with Crippen LogP contribution >= 0.6 is 0 Å². The monoisotopic (exact) mass is 532 g/mol. The molecule has 4 rings (SSSR count). The molecule has 3 aromatic rings. The van der Waals surface area contributed by atoms with Crippen LogP contribution < -0.4 is 10.6 Å². The van der Waals surface area contributed by atoms with E-state index in [0.29, 0.717) is 0 Å². The molecule has 0 fully saturated rings. The molecule has 204 valence electrons. The normalized spacial score (nSPS) is 15.3. The molecular weight excluding hydrogens is 500 g/mol. The van der Waals surface area contributed by atoms with Crippen molar-refractivity contribution in [1.29, 1.82) is 0 Å². The predicted octanol–water partition coefficient (Wildman–Crippen LogP) is 3.45. The lowest BCUT2D eigenvalue weighted by Crippen LogP contribution is -2.58. The third-order valence-corrected chi connectivity index (χ3v) is 6.77. The SMILES string of the molecule is C[C@H](OCc1ccccc1)[C@@H](NC(=O)OCC1c2ccccc2-c2ccccc21)C(=O)N[C@H](C(=O)O)[C@@H](C)O. The number of hydrogen-bond acceptors (Lipinski definition) is 6. The molecule has 0 saturated carbocycles. The van der Waals surface area contributed by atoms with Crippen molar-refractivity contribution >= 4 is 18.0 Å². The molecule has 2 amide bonds. The number of aliphatic carboxylic acids is 1. The Hall–Kier alpha value is -4.21. The maximum absolute atomic E-state index is 13.1. The highest BCUT2D eigenvalue weighted by atomic mass is 16.5. The van der Waals surface area contributed by atoms with Gasteiger partial charge < -0.3 is 30.3 Å². The van der Waals surface area contributed by atoms with Crippen molar-refractivity contribution < 1.29 is 34.1 Å². The molecule has 39 heavy (non-hydrogen) atoms. The van der Waals surface area contributed by atoms with Gasteiger partial charge in [-0.05, 0) is 41.7 Å². The van der Waals surface area contributed by atoms with Gasteiger partial charge in [0.15, 0.2) is 6.04 Å². The van der Waals surface area contributed by atoms with Crippen molar-refractivity contribution in [3.8, 4) is 11.1 Å². The molecule has 0 bridgehead atoms. The Bertz CT molecular complexity index is 1270. The lowest BCUT2D eigenvalue weighted by atomic mass is 9.98. The first kappa shape index (κ1) is 27.8. The van der Waals surface area contributed by atoms with Gasteiger partial charge >= 0.3 is 12.1 Å². The molecule has 1 aliphatic carbocycles. The van der Waals surface area contributed by atoms with Crippen molar-refractivity contribution in [3.05, 3.63) is 95.6 Å². The summed E-state index contributed by atoms with van der Waals surface area (Å²) < 4.78 is 11.4. The molecule has 4 atom stereocenters. The zero-order valence-corrected chi connectivity index (χ0v) is 21.7. The number of carboxylic acids is 1. The summed E-state index contributed by atoms with van der Waals surface area (Å²) >= 11 is 0. The van der Waals surface area contributed by atoms with Crippen LogP contribution in [0.1, 0.15) is 36.5 Å². The van der Waals surface area contributed by atoms with Crippen LogP contribution in [0.2, 0.25) is 0 Å². The van der Waals surface area contributed by atoms with Gasteiger partial charge in [-0.2, -0.15) is 0 Å². The average Bonchev–Trinajstić information content (AvgIpc) is 3.26. The summed E-state index contributed by atoms with van der Waals surface area (Å²) in [6, 6.07) is 22.3. The second kappa shape index (κ2) is 12.6. The maximum atomic E-state index is 13.1. The van der Waals surface area contributed by atoms with Gasteiger partial charge in [-0.15, -0.1) is 0 Å². The first-order chi connectivity index (χ1) is 18.8. The van der Waals surface area contributed by atoms with Crippen molar-refractivity contribution in [2.75, 3.05) is 6.61 Å². The Morgan fingerprint density at radius 2 is 1.38 bits per heavy atom. The molecule has 1 aliphatic rings. The van der Waals surface area contributed by atoms with Gasteiger partial charge in [0.05, 0.1) is 18.8 Å². The van der Waals surface area contributed by atoms with Crippen LogP contribution in [0.15, 0.2) is 78.9 Å². The molecule has 0 aliphatic heterocycles. The smallest absolute Gasteiger partial charge is 0.407 e. The second-order valence-electron chi connectivity index (χ2n) is 9.51. The number of alkyl carbamates (subject to hydrolysis) is 1. The molecule has 3 aromatic carbocycles. The Morgan fingerprint density at radius 1 is 0.821 bits per heavy atom. The Morgan fingerprint density at radius 3 is 1.95 bits per heavy atom. The van der Waals surface area contributed by atoms with E-state index in [4.69, 9.17) is 9.47 Å². The van der Waals surface area contributed by atoms with Crippen LogP contribution in [-0.4, -0.2) is 59.1 Å². The third-order valence-electron chi connectivity index (χ3n) is 6.77. The fourth-order valence-corrected chi connectivity index (χ4v) is 4.69. The number of carbonyl (C=O) groups is 3. The van der Waals surface area contributed by atoms with Gasteiger partial charge in [0.1, 0.15) is 12.6 Å². The fraction of sp³-hybridized carbons (Fsp3) is 0.300. The van der Waals surface area contributed by atoms with Crippen LogP contribution in [0.25, 0.3) is 11.1 Å². The summed E-state index contributed by atoms with van der Waals surface area (Å²) in [5, 5.41) is 24.0. The van der Waals surface area contributed by atoms with E-state index in [0.717, 1.165) is 27.8 Å². The lowest BCUT2D eigenvalue weighted by Gasteiger charge is -2.27. The summed E-state index contributed by atoms with van der Waals surface area (Å²) in [6.45, 7) is 3.05. The third kappa shape index (κ3) is 6.63. The molecule has 9 heteroatoms. The van der Waals surface area contributed by atoms with Crippen LogP contribution in [-0.2, 0) is 25.7 Å². The number of benzene rings is 3. The Labute approximate surface area is 226 Å². The average molecular weight is 533 g/mol. The first-order valence-corrected chi connectivity index (χ1v) is 12.7. The lowest BCUT2D eigenvalue weighted by molar-refractivity contribution is -0.145. The van der Waals surface area contributed by atoms with E-state index in [1.165, 1.54) is 6.92 Å². The zero-order chi connectivity index (χ0) is 27.9. The van der Waals surface area contributed by atoms with E-state index in [-0.39, 0.29) is 19.1 Å². The fourth-order valence-electron chi connectivity index (χ4n) is 4.69. The number of nitrogens with one attached hydrogen (secondary N) is 2. The topological polar surface area (TPSA) is 134 Å². The highest BCUT2D eigenvalue weighted by molar-refractivity contribution is 5.90. The molecule has 0 aromatic heterocycles. The van der Waals surface area contributed by atoms with Crippen molar-refractivity contribution in [1.82, 2.24) is 10.6 Å². The quantitative estimate of drug-likeness (QED) is 0.297. The first-order valence-electron chi connectivity index (χ1n) is 12.7. The van der Waals surface area contributed by atoms with Crippen LogP contribution in [0.4, 0.5) is 4.79 Å². The van der Waals surface area contributed by atoms with Crippen molar-refractivity contribution in [2.24, 2.45) is 0 Å². The molecule has 0 heterocycles. The largest absolute Gasteiger partial charge is 0.480 e. The summed E-state index contributed by atoms with van der Waals surface area (Å²) in [5.74, 6) is -2.40. The highest BCUT2D eigenvalue weighted by Gasteiger charge is 2.34. The molecule has 0 saturated heterocycles. The number of aliphatic hydroxyl groups excluding tert-OH is 1. The predicted molar refractivity (Wildman–Crippen MR) is 144 cm³/mol. The number of carbonyl (C=O) groups excluding carboxylic acids is 2. The zero-order valence-electron chi connectivity index (χ0n) is 21.7. The van der Waals surface area contributed by atoms with Crippen LogP contribution in [0.3, 0.4) is 0 Å². The van der Waals surface area contributed by atoms with Gasteiger partial charge in [-0.25, -0.2) is 9.59 Å². The standard InChI is InChI=1S/C30H32N2O7/c1-18(33)26(29(35)36)31-28(34)27(19(2)38-16-20-10-4-3-5-11-20)32-30(37)39-17-25-23-14-8-6-12-21(23)22-13-7-9-15-24(22)25/h3-15,18-19,25-27,33H,16-17H2,1-2H3,(H,31,34)(H,32,37)(H,35,36)/t18-,19+,26+,27-/m1/s1. The highest BCUT2D eigenvalue weighted by Crippen LogP contribution is 2.44. The molecule has 9 nitrogen and oxygen atoms in total. The van der Waals surface area contributed by atoms with Gasteiger partial charge in [0, 0.05) is 5.92 Å². The summed E-state index contributed by atoms with van der Waals surface area (Å²) in [4.78, 5) is 37.6. The number of ether oxygens (including phenoxy) is 2.